The summed E-state index contributed by atoms with van der Waals surface area (Å²) < 4.78 is 16.9. The summed E-state index contributed by atoms with van der Waals surface area (Å²) in [6, 6.07) is 14.9. The Hall–Kier alpha value is -3.39. The molecule has 1 aliphatic heterocycles. The molecule has 0 bridgehead atoms. The van der Waals surface area contributed by atoms with Crippen molar-refractivity contribution in [3.05, 3.63) is 86.7 Å². The summed E-state index contributed by atoms with van der Waals surface area (Å²) in [5.74, 6) is -2.90. The van der Waals surface area contributed by atoms with Crippen LogP contribution in [0.1, 0.15) is 50.2 Å². The quantitative estimate of drug-likeness (QED) is 0.364. The molecule has 1 heterocycles. The molecular formula is C29H30BrNO6. The number of Topliss-reactive ketones (excluding diaryl/α,β-unsaturated/α-hetero) is 1. The van der Waals surface area contributed by atoms with Gasteiger partial charge in [-0.3, -0.25) is 9.59 Å². The van der Waals surface area contributed by atoms with Gasteiger partial charge in [-0.15, -0.1) is 0 Å². The fourth-order valence-corrected chi connectivity index (χ4v) is 5.43. The Morgan fingerprint density at radius 2 is 1.59 bits per heavy atom. The van der Waals surface area contributed by atoms with E-state index >= 15 is 0 Å². The summed E-state index contributed by atoms with van der Waals surface area (Å²) in [6.07, 6.45) is 0.400. The SMILES string of the molecule is CCOC(=O)C1=C(C)NC2=C(C(=O)[C@H](C(=O)OCC)[C@H](c3ccc(OC)cc3)C2)[C@@H]1c1ccc(Br)cc1. The first-order valence-electron chi connectivity index (χ1n) is 12.3. The number of allylic oxidation sites excluding steroid dienone is 3. The molecule has 194 valence electrons. The molecule has 0 unspecified atom stereocenters. The molecule has 0 saturated carbocycles. The third kappa shape index (κ3) is 5.21. The molecule has 0 amide bonds. The average Bonchev–Trinajstić information content (AvgIpc) is 2.88. The monoisotopic (exact) mass is 567 g/mol. The summed E-state index contributed by atoms with van der Waals surface area (Å²) >= 11 is 3.46. The van der Waals surface area contributed by atoms with Crippen LogP contribution in [0.4, 0.5) is 0 Å². The van der Waals surface area contributed by atoms with Gasteiger partial charge in [0.25, 0.3) is 0 Å². The number of carbonyl (C=O) groups excluding carboxylic acids is 3. The smallest absolute Gasteiger partial charge is 0.336 e. The van der Waals surface area contributed by atoms with Crippen LogP contribution in [0.15, 0.2) is 75.5 Å². The van der Waals surface area contributed by atoms with Gasteiger partial charge in [-0.05, 0) is 62.6 Å². The number of dihydropyridines is 1. The minimum absolute atomic E-state index is 0.158. The largest absolute Gasteiger partial charge is 0.497 e. The molecule has 1 aliphatic carbocycles. The van der Waals surface area contributed by atoms with E-state index in [0.29, 0.717) is 34.7 Å². The van der Waals surface area contributed by atoms with Crippen molar-refractivity contribution in [3.8, 4) is 5.75 Å². The summed E-state index contributed by atoms with van der Waals surface area (Å²) in [7, 11) is 1.59. The van der Waals surface area contributed by atoms with Crippen molar-refractivity contribution in [2.75, 3.05) is 20.3 Å². The van der Waals surface area contributed by atoms with Crippen molar-refractivity contribution in [3.63, 3.8) is 0 Å². The third-order valence-electron chi connectivity index (χ3n) is 6.80. The van der Waals surface area contributed by atoms with Gasteiger partial charge < -0.3 is 19.5 Å². The lowest BCUT2D eigenvalue weighted by Crippen LogP contribution is -2.43. The predicted molar refractivity (Wildman–Crippen MR) is 142 cm³/mol. The molecule has 0 saturated heterocycles. The van der Waals surface area contributed by atoms with Crippen LogP contribution in [0.25, 0.3) is 0 Å². The number of hydrogen-bond donors (Lipinski definition) is 1. The minimum atomic E-state index is -1.05. The lowest BCUT2D eigenvalue weighted by Gasteiger charge is -2.39. The van der Waals surface area contributed by atoms with Crippen LogP contribution in [0.3, 0.4) is 0 Å². The van der Waals surface area contributed by atoms with Gasteiger partial charge in [-0.25, -0.2) is 4.79 Å². The summed E-state index contributed by atoms with van der Waals surface area (Å²) in [5, 5.41) is 3.31. The first kappa shape index (κ1) is 26.7. The molecule has 7 nitrogen and oxygen atoms in total. The number of nitrogens with one attached hydrogen (secondary N) is 1. The Kier molecular flexibility index (Phi) is 8.17. The maximum absolute atomic E-state index is 14.3. The Labute approximate surface area is 225 Å². The predicted octanol–water partition coefficient (Wildman–Crippen LogP) is 5.17. The zero-order valence-corrected chi connectivity index (χ0v) is 22.9. The van der Waals surface area contributed by atoms with Gasteiger partial charge in [-0.2, -0.15) is 0 Å². The second-order valence-corrected chi connectivity index (χ2v) is 9.85. The fraction of sp³-hybridized carbons (Fsp3) is 0.345. The number of ketones is 1. The number of esters is 2. The van der Waals surface area contributed by atoms with Gasteiger partial charge in [0, 0.05) is 33.3 Å². The first-order valence-corrected chi connectivity index (χ1v) is 13.1. The summed E-state index contributed by atoms with van der Waals surface area (Å²) in [6.45, 7) is 5.63. The van der Waals surface area contributed by atoms with E-state index in [1.54, 1.807) is 21.0 Å². The number of methoxy groups -OCH3 is 1. The maximum Gasteiger partial charge on any atom is 0.336 e. The van der Waals surface area contributed by atoms with E-state index in [1.165, 1.54) is 0 Å². The zero-order valence-electron chi connectivity index (χ0n) is 21.3. The van der Waals surface area contributed by atoms with E-state index in [9.17, 15) is 14.4 Å². The second kappa shape index (κ2) is 11.3. The Bertz CT molecular complexity index is 1260. The molecule has 8 heteroatoms. The third-order valence-corrected chi connectivity index (χ3v) is 7.33. The second-order valence-electron chi connectivity index (χ2n) is 8.94. The molecule has 0 aromatic heterocycles. The van der Waals surface area contributed by atoms with Crippen molar-refractivity contribution < 1.29 is 28.6 Å². The molecule has 1 N–H and O–H groups in total. The zero-order chi connectivity index (χ0) is 26.7. The first-order chi connectivity index (χ1) is 17.8. The van der Waals surface area contributed by atoms with Crippen LogP contribution >= 0.6 is 15.9 Å². The number of carbonyl (C=O) groups is 3. The molecule has 0 fully saturated rings. The molecule has 2 aliphatic rings. The highest BCUT2D eigenvalue weighted by molar-refractivity contribution is 9.10. The molecular weight excluding hydrogens is 538 g/mol. The van der Waals surface area contributed by atoms with Crippen LogP contribution in [0.2, 0.25) is 0 Å². The van der Waals surface area contributed by atoms with Crippen molar-refractivity contribution in [1.82, 2.24) is 5.32 Å². The van der Waals surface area contributed by atoms with Crippen LogP contribution in [0.5, 0.6) is 5.75 Å². The Morgan fingerprint density at radius 1 is 0.973 bits per heavy atom. The molecule has 0 spiro atoms. The van der Waals surface area contributed by atoms with Gasteiger partial charge in [0.2, 0.25) is 0 Å². The molecule has 0 radical (unpaired) electrons. The van der Waals surface area contributed by atoms with Crippen LogP contribution in [-0.2, 0) is 23.9 Å². The molecule has 3 atom stereocenters. The van der Waals surface area contributed by atoms with Crippen molar-refractivity contribution in [2.45, 2.75) is 39.0 Å². The van der Waals surface area contributed by atoms with Gasteiger partial charge in [-0.1, -0.05) is 40.2 Å². The number of rotatable bonds is 7. The van der Waals surface area contributed by atoms with E-state index in [0.717, 1.165) is 15.6 Å². The lowest BCUT2D eigenvalue weighted by molar-refractivity contribution is -0.152. The van der Waals surface area contributed by atoms with E-state index in [-0.39, 0.29) is 19.0 Å². The van der Waals surface area contributed by atoms with Crippen LogP contribution < -0.4 is 10.1 Å². The van der Waals surface area contributed by atoms with Crippen molar-refractivity contribution in [2.24, 2.45) is 5.92 Å². The molecule has 2 aromatic rings. The highest BCUT2D eigenvalue weighted by atomic mass is 79.9. The Morgan fingerprint density at radius 3 is 2.19 bits per heavy atom. The molecule has 4 rings (SSSR count). The summed E-state index contributed by atoms with van der Waals surface area (Å²) in [5.41, 5.74) is 3.68. The van der Waals surface area contributed by atoms with E-state index < -0.39 is 29.7 Å². The summed E-state index contributed by atoms with van der Waals surface area (Å²) in [4.78, 5) is 40.6. The van der Waals surface area contributed by atoms with Gasteiger partial charge in [0.15, 0.2) is 5.78 Å². The van der Waals surface area contributed by atoms with Crippen LogP contribution in [0, 0.1) is 5.92 Å². The van der Waals surface area contributed by atoms with E-state index in [4.69, 9.17) is 14.2 Å². The standard InChI is InChI=1S/C29H30BrNO6/c1-5-36-28(33)23-16(3)31-22-15-21(17-9-13-20(35-4)14-10-17)25(29(34)37-6-2)27(32)26(22)24(23)18-7-11-19(30)12-8-18/h7-14,21,24-25,31H,5-6,15H2,1-4H3/t21-,24+,25+/m0/s1. The number of benzene rings is 2. The molecule has 2 aromatic carbocycles. The van der Waals surface area contributed by atoms with E-state index in [1.807, 2.05) is 55.5 Å². The fourth-order valence-electron chi connectivity index (χ4n) is 5.17. The van der Waals surface area contributed by atoms with Gasteiger partial charge >= 0.3 is 11.9 Å². The van der Waals surface area contributed by atoms with Crippen molar-refractivity contribution >= 4 is 33.7 Å². The average molecular weight is 568 g/mol. The minimum Gasteiger partial charge on any atom is -0.497 e. The van der Waals surface area contributed by atoms with Crippen LogP contribution in [-0.4, -0.2) is 38.0 Å². The normalized spacial score (nSPS) is 21.2. The van der Waals surface area contributed by atoms with Crippen molar-refractivity contribution in [1.29, 1.82) is 0 Å². The van der Waals surface area contributed by atoms with E-state index in [2.05, 4.69) is 21.2 Å². The Balaban J connectivity index is 1.87. The number of ether oxygens (including phenoxy) is 3. The lowest BCUT2D eigenvalue weighted by atomic mass is 9.67. The highest BCUT2D eigenvalue weighted by Crippen LogP contribution is 2.48. The van der Waals surface area contributed by atoms with Gasteiger partial charge in [0.1, 0.15) is 11.7 Å². The maximum atomic E-state index is 14.3. The highest BCUT2D eigenvalue weighted by Gasteiger charge is 2.49. The number of hydrogen-bond acceptors (Lipinski definition) is 7. The van der Waals surface area contributed by atoms with Gasteiger partial charge in [0.05, 0.1) is 25.9 Å². The molecule has 37 heavy (non-hydrogen) atoms. The number of halogens is 1. The topological polar surface area (TPSA) is 90.9 Å².